The zero-order valence-electron chi connectivity index (χ0n) is 32.9. The van der Waals surface area contributed by atoms with Gasteiger partial charge in [-0.05, 0) is 125 Å². The predicted molar refractivity (Wildman–Crippen MR) is 199 cm³/mol. The quantitative estimate of drug-likeness (QED) is 0.157. The summed E-state index contributed by atoms with van der Waals surface area (Å²) in [5.41, 5.74) is 1.51. The normalized spacial score (nSPS) is 32.4. The van der Waals surface area contributed by atoms with Crippen molar-refractivity contribution in [2.24, 2.45) is 52.3 Å². The molecule has 0 aromatic rings. The lowest BCUT2D eigenvalue weighted by molar-refractivity contribution is -0.131. The number of carbonyl (C=O) groups is 2. The number of ketones is 1. The van der Waals surface area contributed by atoms with Crippen LogP contribution >= 0.6 is 0 Å². The minimum absolute atomic E-state index is 0.0552. The van der Waals surface area contributed by atoms with Gasteiger partial charge in [0.25, 0.3) is 0 Å². The van der Waals surface area contributed by atoms with Crippen LogP contribution in [0.3, 0.4) is 0 Å². The van der Waals surface area contributed by atoms with E-state index >= 15 is 0 Å². The van der Waals surface area contributed by atoms with Gasteiger partial charge in [0.1, 0.15) is 12.4 Å². The summed E-state index contributed by atoms with van der Waals surface area (Å²) in [7, 11) is 0. The molecule has 2 fully saturated rings. The van der Waals surface area contributed by atoms with Crippen molar-refractivity contribution in [1.29, 1.82) is 0 Å². The van der Waals surface area contributed by atoms with Crippen molar-refractivity contribution < 1.29 is 19.1 Å². The van der Waals surface area contributed by atoms with Crippen LogP contribution in [0.15, 0.2) is 23.8 Å². The van der Waals surface area contributed by atoms with Crippen molar-refractivity contribution in [3.8, 4) is 0 Å². The van der Waals surface area contributed by atoms with Gasteiger partial charge in [-0.1, -0.05) is 91.5 Å². The molecule has 5 heteroatoms. The van der Waals surface area contributed by atoms with Gasteiger partial charge in [-0.15, -0.1) is 0 Å². The van der Waals surface area contributed by atoms with Crippen LogP contribution in [0, 0.1) is 52.3 Å². The molecule has 0 aromatic carbocycles. The first-order valence-electron chi connectivity index (χ1n) is 19.8. The zero-order valence-corrected chi connectivity index (χ0v) is 32.9. The molecule has 0 radical (unpaired) electrons. The summed E-state index contributed by atoms with van der Waals surface area (Å²) < 4.78 is 12.4. The Balaban J connectivity index is 1.24. The Bertz CT molecular complexity index is 1170. The number of hydrogen-bond acceptors (Lipinski definition) is 4. The maximum absolute atomic E-state index is 13.0. The van der Waals surface area contributed by atoms with E-state index in [1.165, 1.54) is 38.5 Å². The van der Waals surface area contributed by atoms with Gasteiger partial charge in [-0.2, -0.15) is 0 Å². The van der Waals surface area contributed by atoms with Crippen LogP contribution in [0.25, 0.3) is 0 Å². The lowest BCUT2D eigenvalue weighted by Crippen LogP contribution is -2.51. The number of Topliss-reactive ketones (excluding diaryl/α,β-unsaturated/α-hetero) is 1. The Morgan fingerprint density at radius 3 is 2.40 bits per heavy atom. The fourth-order valence-corrected chi connectivity index (χ4v) is 10.2. The Morgan fingerprint density at radius 1 is 0.979 bits per heavy atom. The van der Waals surface area contributed by atoms with Gasteiger partial charge >= 0.3 is 0 Å². The number of carbonyl (C=O) groups excluding carboxylic acids is 2. The molecule has 1 N–H and O–H groups in total. The molecule has 1 amide bonds. The van der Waals surface area contributed by atoms with Gasteiger partial charge in [0.2, 0.25) is 5.91 Å². The summed E-state index contributed by atoms with van der Waals surface area (Å²) in [6.07, 6.45) is 21.1. The second kappa shape index (κ2) is 15.8. The van der Waals surface area contributed by atoms with E-state index in [1.807, 2.05) is 41.5 Å². The second-order valence-corrected chi connectivity index (χ2v) is 19.0. The largest absolute Gasteiger partial charge is 0.375 e. The molecule has 4 aliphatic carbocycles. The van der Waals surface area contributed by atoms with E-state index in [0.717, 1.165) is 48.9 Å². The standard InChI is InChI=1S/C43H73NO4/c1-29(2)13-12-14-31(5)35-17-18-36-34-16-15-32-27-33(19-23-42(32,10)37(34)20-24-43(35,36)11)47-28-39(46)44-40(6,7)25-26-48-41(8,9)22-21-38(45)30(3)4/h15,17-18,29-31,33-37H,12-14,16,19-28H2,1-11H3,(H,44,46)/t31-,33?,34+,35-,36+,37+,42+,43-/m1/s1. The van der Waals surface area contributed by atoms with Crippen LogP contribution in [0.5, 0.6) is 0 Å². The average molecular weight is 668 g/mol. The molecule has 4 aliphatic rings. The molecule has 0 bridgehead atoms. The average Bonchev–Trinajstić information content (AvgIpc) is 3.35. The Hall–Kier alpha value is -1.46. The second-order valence-electron chi connectivity index (χ2n) is 19.0. The SMILES string of the molecule is CC(C)CCC[C@@H](C)[C@H]1C=C[C@H]2[C@@H]3CC=C4CC(OCC(=O)NC(C)(C)CCOC(C)(C)CCC(=O)C(C)C)CC[C@]4(C)[C@H]3CC[C@]12C. The van der Waals surface area contributed by atoms with Gasteiger partial charge in [0, 0.05) is 24.5 Å². The van der Waals surface area contributed by atoms with Crippen molar-refractivity contribution >= 4 is 11.7 Å². The van der Waals surface area contributed by atoms with Crippen LogP contribution in [0.4, 0.5) is 0 Å². The van der Waals surface area contributed by atoms with Gasteiger partial charge < -0.3 is 14.8 Å². The Labute approximate surface area is 295 Å². The monoisotopic (exact) mass is 668 g/mol. The molecule has 274 valence electrons. The van der Waals surface area contributed by atoms with E-state index < -0.39 is 5.54 Å². The molecular weight excluding hydrogens is 594 g/mol. The van der Waals surface area contributed by atoms with Crippen LogP contribution in [-0.2, 0) is 19.1 Å². The van der Waals surface area contributed by atoms with E-state index in [4.69, 9.17) is 9.47 Å². The predicted octanol–water partition coefficient (Wildman–Crippen LogP) is 10.3. The summed E-state index contributed by atoms with van der Waals surface area (Å²) in [4.78, 5) is 25.1. The third-order valence-electron chi connectivity index (χ3n) is 13.5. The summed E-state index contributed by atoms with van der Waals surface area (Å²) >= 11 is 0. The van der Waals surface area contributed by atoms with Gasteiger partial charge in [0.15, 0.2) is 0 Å². The van der Waals surface area contributed by atoms with Crippen molar-refractivity contribution in [3.63, 3.8) is 0 Å². The summed E-state index contributed by atoms with van der Waals surface area (Å²) in [5, 5.41) is 3.18. The van der Waals surface area contributed by atoms with Crippen molar-refractivity contribution in [1.82, 2.24) is 5.32 Å². The number of hydrogen-bond donors (Lipinski definition) is 1. The maximum atomic E-state index is 13.0. The molecular formula is C43H73NO4. The molecule has 1 unspecified atom stereocenters. The minimum Gasteiger partial charge on any atom is -0.375 e. The van der Waals surface area contributed by atoms with E-state index in [-0.39, 0.29) is 41.3 Å². The van der Waals surface area contributed by atoms with Crippen molar-refractivity contribution in [3.05, 3.63) is 23.8 Å². The highest BCUT2D eigenvalue weighted by atomic mass is 16.5. The van der Waals surface area contributed by atoms with Crippen LogP contribution < -0.4 is 5.32 Å². The smallest absolute Gasteiger partial charge is 0.246 e. The van der Waals surface area contributed by atoms with Crippen molar-refractivity contribution in [2.45, 2.75) is 170 Å². The van der Waals surface area contributed by atoms with Crippen molar-refractivity contribution in [2.75, 3.05) is 13.2 Å². The fraction of sp³-hybridized carbons (Fsp3) is 0.860. The molecule has 2 saturated carbocycles. The minimum atomic E-state index is -0.397. The highest BCUT2D eigenvalue weighted by Crippen LogP contribution is 2.65. The third kappa shape index (κ3) is 9.45. The van der Waals surface area contributed by atoms with Crippen LogP contribution in [0.1, 0.15) is 153 Å². The highest BCUT2D eigenvalue weighted by molar-refractivity contribution is 5.80. The number of nitrogens with one attached hydrogen (secondary N) is 1. The zero-order chi connectivity index (χ0) is 35.5. The molecule has 0 aromatic heterocycles. The first kappa shape index (κ1) is 39.3. The summed E-state index contributed by atoms with van der Waals surface area (Å²) in [5.74, 6) is 4.79. The maximum Gasteiger partial charge on any atom is 0.246 e. The van der Waals surface area contributed by atoms with E-state index in [2.05, 4.69) is 58.2 Å². The van der Waals surface area contributed by atoms with E-state index in [1.54, 1.807) is 5.57 Å². The summed E-state index contributed by atoms with van der Waals surface area (Å²) in [6.45, 7) is 25.1. The van der Waals surface area contributed by atoms with E-state index in [9.17, 15) is 9.59 Å². The molecule has 0 saturated heterocycles. The summed E-state index contributed by atoms with van der Waals surface area (Å²) in [6, 6.07) is 0. The topological polar surface area (TPSA) is 64.6 Å². The Kier molecular flexibility index (Phi) is 13.0. The number of allylic oxidation sites excluding steroid dienone is 3. The van der Waals surface area contributed by atoms with E-state index in [0.29, 0.717) is 37.2 Å². The lowest BCUT2D eigenvalue weighted by atomic mass is 9.46. The molecule has 4 rings (SSSR count). The number of amides is 1. The molecule has 0 spiro atoms. The van der Waals surface area contributed by atoms with Crippen LogP contribution in [0.2, 0.25) is 0 Å². The first-order chi connectivity index (χ1) is 22.4. The molecule has 8 atom stereocenters. The van der Waals surface area contributed by atoms with Crippen LogP contribution in [-0.4, -0.2) is 42.1 Å². The van der Waals surface area contributed by atoms with Gasteiger partial charge in [-0.3, -0.25) is 9.59 Å². The molecule has 48 heavy (non-hydrogen) atoms. The molecule has 0 aliphatic heterocycles. The Morgan fingerprint density at radius 2 is 1.71 bits per heavy atom. The number of fused-ring (bicyclic) bond motifs is 5. The fourth-order valence-electron chi connectivity index (χ4n) is 10.2. The number of ether oxygens (including phenoxy) is 2. The molecule has 0 heterocycles. The molecule has 5 nitrogen and oxygen atoms in total. The van der Waals surface area contributed by atoms with Gasteiger partial charge in [0.05, 0.1) is 11.7 Å². The number of rotatable bonds is 17. The highest BCUT2D eigenvalue weighted by Gasteiger charge is 2.57. The lowest BCUT2D eigenvalue weighted by Gasteiger charge is -2.58. The third-order valence-corrected chi connectivity index (χ3v) is 13.5. The first-order valence-corrected chi connectivity index (χ1v) is 19.8. The van der Waals surface area contributed by atoms with Gasteiger partial charge in [-0.25, -0.2) is 0 Å².